The van der Waals surface area contributed by atoms with Crippen LogP contribution in [0, 0.1) is 0 Å². The standard InChI is InChI=1S/Al.Ba.Ca.K.Na.H4O4Si.H2O.9H/c;;;;;1-5(2,3)4;;;;;;;;;;/h;;;;;1-4H;1H2;;;;;;;;;/q;2*+2;2*+1;;;;;;6*-1. The van der Waals surface area contributed by atoms with Crippen LogP contribution in [-0.4, -0.2) is 138 Å². The molecule has 0 unspecified atom stereocenters. The van der Waals surface area contributed by atoms with Crippen molar-refractivity contribution in [3.05, 3.63) is 0 Å². The number of hydrogen-bond acceptors (Lipinski definition) is 4. The molecule has 0 aliphatic carbocycles. The smallest absolute Gasteiger partial charge is 1.00 e. The van der Waals surface area contributed by atoms with Gasteiger partial charge in [0.15, 0.2) is 17.4 Å². The van der Waals surface area contributed by atoms with Crippen molar-refractivity contribution in [2.45, 2.75) is 0 Å². The van der Waals surface area contributed by atoms with Crippen LogP contribution in [0.25, 0.3) is 0 Å². The molecule has 6 N–H and O–H groups in total. The minimum Gasteiger partial charge on any atom is -1.00 e. The fraction of sp³-hybridized carbons (Fsp3) is 0. The minimum absolute atomic E-state index is 0. The summed E-state index contributed by atoms with van der Waals surface area (Å²) in [7, 11) is -4.61. The summed E-state index contributed by atoms with van der Waals surface area (Å²) in [5, 5.41) is 0. The summed E-state index contributed by atoms with van der Waals surface area (Å²) in [5.74, 6) is 0. The molecule has 0 bridgehead atoms. The molecule has 0 aromatic heterocycles. The van der Waals surface area contributed by atoms with Crippen molar-refractivity contribution >= 4 is 113 Å². The summed E-state index contributed by atoms with van der Waals surface area (Å²) in [6.45, 7) is 0. The molecule has 0 spiro atoms. The van der Waals surface area contributed by atoms with Crippen molar-refractivity contribution in [1.29, 1.82) is 0 Å². The minimum atomic E-state index is -4.61. The predicted molar refractivity (Wildman–Crippen MR) is 46.4 cm³/mol. The first-order chi connectivity index (χ1) is 2.00. The van der Waals surface area contributed by atoms with Crippen molar-refractivity contribution in [2.75, 3.05) is 0 Å². The summed E-state index contributed by atoms with van der Waals surface area (Å²) < 4.78 is 0. The third kappa shape index (κ3) is 86.9. The molecule has 0 atom stereocenters. The van der Waals surface area contributed by atoms with Gasteiger partial charge in [0.05, 0.1) is 0 Å². The Morgan fingerprint density at radius 2 is 1.00 bits per heavy atom. The van der Waals surface area contributed by atoms with Gasteiger partial charge < -0.3 is 33.2 Å². The molecule has 0 saturated carbocycles. The average Bonchev–Trinajstić information content (AvgIpc) is 0.722. The molecule has 0 rings (SSSR count). The average molecular weight is 390 g/mol. The Kier molecular flexibility index (Phi) is 98.9. The van der Waals surface area contributed by atoms with Gasteiger partial charge in [0.1, 0.15) is 0 Å². The van der Waals surface area contributed by atoms with Crippen LogP contribution in [0.5, 0.6) is 0 Å². The molecule has 0 radical (unpaired) electrons. The van der Waals surface area contributed by atoms with E-state index in [0.717, 1.165) is 0 Å². The number of hydrogen-bond donors (Lipinski definition) is 4. The second-order valence-electron chi connectivity index (χ2n) is 0.600. The zero-order chi connectivity index (χ0) is 4.50. The predicted octanol–water partition coefficient (Wildman–Crippen LogP) is -10.7. The molecule has 0 saturated heterocycles. The summed E-state index contributed by atoms with van der Waals surface area (Å²) in [6.07, 6.45) is 0. The van der Waals surface area contributed by atoms with E-state index in [4.69, 9.17) is 19.2 Å². The van der Waals surface area contributed by atoms with Crippen LogP contribution in [-0.2, 0) is 0 Å². The van der Waals surface area contributed by atoms with Crippen LogP contribution < -0.4 is 80.9 Å². The Morgan fingerprint density at radius 3 is 1.00 bits per heavy atom. The van der Waals surface area contributed by atoms with E-state index in [0.29, 0.717) is 0 Å². The SMILES string of the molecule is O.O[Si](O)(O)O.[AlH3].[Ba+2].[Ca+2].[H-].[H-].[H-].[H-].[H-].[H-].[K+].[Na+]. The molecule has 0 aliphatic heterocycles. The molecule has 0 amide bonds. The normalized spacial score (nSPS) is 5.45. The Labute approximate surface area is 221 Å². The molecular formula is H15AlBaCaKNaO5Si. The Balaban J connectivity index is -0.00000000121. The van der Waals surface area contributed by atoms with E-state index in [9.17, 15) is 0 Å². The Hall–Kier alpha value is 6.02. The summed E-state index contributed by atoms with van der Waals surface area (Å²) in [6, 6.07) is 0. The third-order valence-electron chi connectivity index (χ3n) is 0. The molecule has 0 aromatic rings. The van der Waals surface area contributed by atoms with Gasteiger partial charge in [-0.05, 0) is 0 Å². The maximum Gasteiger partial charge on any atom is 2.00 e. The van der Waals surface area contributed by atoms with Gasteiger partial charge in [-0.25, -0.2) is 0 Å². The first-order valence-corrected chi connectivity index (χ1v) is 2.68. The molecule has 11 heteroatoms. The van der Waals surface area contributed by atoms with Gasteiger partial charge in [0.25, 0.3) is 0 Å². The van der Waals surface area contributed by atoms with Crippen molar-refractivity contribution in [2.24, 2.45) is 0 Å². The van der Waals surface area contributed by atoms with Crippen LogP contribution >= 0.6 is 0 Å². The topological polar surface area (TPSA) is 112 Å². The largest absolute Gasteiger partial charge is 2.00 e. The molecule has 11 heavy (non-hydrogen) atoms. The van der Waals surface area contributed by atoms with Crippen LogP contribution in [0.2, 0.25) is 0 Å². The van der Waals surface area contributed by atoms with Gasteiger partial charge in [-0.1, -0.05) is 0 Å². The van der Waals surface area contributed by atoms with E-state index in [1.807, 2.05) is 0 Å². The molecule has 0 heterocycles. The van der Waals surface area contributed by atoms with Crippen LogP contribution in [0.15, 0.2) is 0 Å². The van der Waals surface area contributed by atoms with E-state index in [2.05, 4.69) is 0 Å². The van der Waals surface area contributed by atoms with Crippen LogP contribution in [0.1, 0.15) is 8.56 Å². The van der Waals surface area contributed by atoms with Crippen molar-refractivity contribution in [1.82, 2.24) is 0 Å². The summed E-state index contributed by atoms with van der Waals surface area (Å²) in [4.78, 5) is 29.3. The third-order valence-corrected chi connectivity index (χ3v) is 0. The fourth-order valence-corrected chi connectivity index (χ4v) is 0. The Morgan fingerprint density at radius 1 is 1.00 bits per heavy atom. The van der Waals surface area contributed by atoms with Crippen LogP contribution in [0.3, 0.4) is 0 Å². The van der Waals surface area contributed by atoms with Gasteiger partial charge in [-0.3, -0.25) is 0 Å². The van der Waals surface area contributed by atoms with Crippen LogP contribution in [0.4, 0.5) is 0 Å². The summed E-state index contributed by atoms with van der Waals surface area (Å²) >= 11 is 0. The number of rotatable bonds is 0. The zero-order valence-electron chi connectivity index (χ0n) is 12.2. The van der Waals surface area contributed by atoms with Gasteiger partial charge in [-0.2, -0.15) is 0 Å². The van der Waals surface area contributed by atoms with Gasteiger partial charge >= 0.3 is 177 Å². The van der Waals surface area contributed by atoms with E-state index in [1.54, 1.807) is 0 Å². The van der Waals surface area contributed by atoms with Crippen molar-refractivity contribution in [3.8, 4) is 0 Å². The first-order valence-electron chi connectivity index (χ1n) is 0.894. The zero-order valence-corrected chi connectivity index (χ0v) is 19.0. The second-order valence-corrected chi connectivity index (χ2v) is 1.80. The molecular weight excluding hydrogens is 375 g/mol. The van der Waals surface area contributed by atoms with Crippen molar-refractivity contribution < 1.29 is 114 Å². The summed E-state index contributed by atoms with van der Waals surface area (Å²) in [5.41, 5.74) is 0. The molecule has 0 fully saturated rings. The molecule has 58 valence electrons. The van der Waals surface area contributed by atoms with Gasteiger partial charge in [0, 0.05) is 0 Å². The first kappa shape index (κ1) is 43.5. The monoisotopic (exact) mass is 390 g/mol. The molecule has 0 aromatic carbocycles. The van der Waals surface area contributed by atoms with E-state index in [1.165, 1.54) is 0 Å². The molecule has 5 nitrogen and oxygen atoms in total. The second kappa shape index (κ2) is 25.0. The maximum atomic E-state index is 7.33. The fourth-order valence-electron chi connectivity index (χ4n) is 0. The van der Waals surface area contributed by atoms with E-state index in [-0.39, 0.29) is 199 Å². The van der Waals surface area contributed by atoms with Gasteiger partial charge in [-0.15, -0.1) is 0 Å². The molecule has 0 aliphatic rings. The van der Waals surface area contributed by atoms with E-state index >= 15 is 0 Å². The quantitative estimate of drug-likeness (QED) is 0.308. The van der Waals surface area contributed by atoms with E-state index < -0.39 is 9.05 Å². The van der Waals surface area contributed by atoms with Gasteiger partial charge in [0.2, 0.25) is 0 Å². The maximum absolute atomic E-state index is 7.33. The Bertz CT molecular complexity index is 57.9. The van der Waals surface area contributed by atoms with Crippen molar-refractivity contribution in [3.63, 3.8) is 0 Å².